The van der Waals surface area contributed by atoms with Gasteiger partial charge in [-0.05, 0) is 74.5 Å². The van der Waals surface area contributed by atoms with Gasteiger partial charge >= 0.3 is 0 Å². The van der Waals surface area contributed by atoms with E-state index in [1.54, 1.807) is 0 Å². The van der Waals surface area contributed by atoms with Crippen LogP contribution < -0.4 is 0 Å². The van der Waals surface area contributed by atoms with Gasteiger partial charge in [0.2, 0.25) is 0 Å². The number of fused-ring (bicyclic) bond motifs is 1. The Hall–Kier alpha value is -2.38. The third-order valence-corrected chi connectivity index (χ3v) is 5.50. The van der Waals surface area contributed by atoms with Gasteiger partial charge in [-0.1, -0.05) is 12.1 Å². The molecule has 128 valence electrons. The van der Waals surface area contributed by atoms with Crippen LogP contribution in [0.4, 0.5) is 0 Å². The van der Waals surface area contributed by atoms with Crippen LogP contribution in [-0.4, -0.2) is 30.2 Å². The summed E-state index contributed by atoms with van der Waals surface area (Å²) in [5.74, 6) is 2.44. The molecule has 1 unspecified atom stereocenters. The molecular formula is C21H23N3O. The van der Waals surface area contributed by atoms with Gasteiger partial charge in [-0.3, -0.25) is 4.90 Å². The van der Waals surface area contributed by atoms with Gasteiger partial charge in [-0.15, -0.1) is 0 Å². The molecular weight excluding hydrogens is 310 g/mol. The lowest BCUT2D eigenvalue weighted by Crippen LogP contribution is -2.24. The Bertz CT molecular complexity index is 830. The van der Waals surface area contributed by atoms with Gasteiger partial charge in [0.15, 0.2) is 0 Å². The second-order valence-electron chi connectivity index (χ2n) is 7.11. The van der Waals surface area contributed by atoms with Crippen molar-refractivity contribution in [2.75, 3.05) is 19.6 Å². The van der Waals surface area contributed by atoms with Crippen molar-refractivity contribution in [2.45, 2.75) is 38.0 Å². The highest BCUT2D eigenvalue weighted by molar-refractivity contribution is 6.02. The number of hydrogen-bond donors (Lipinski definition) is 1. The molecule has 0 bridgehead atoms. The molecule has 0 spiro atoms. The number of nitriles is 1. The zero-order valence-electron chi connectivity index (χ0n) is 14.4. The standard InChI is InChI=1S/C21H23N3O/c22-10-13-24-11-1-2-15(9-12-24)20-7-8-21(25-20)17-3-5-18-16(14-17)4-6-19(18)23/h3,5,7-8,14-15,23H,1-2,4,6,9,11-13H2. The maximum absolute atomic E-state index is 8.88. The fourth-order valence-corrected chi connectivity index (χ4v) is 4.07. The fraction of sp³-hybridized carbons (Fsp3) is 0.429. The lowest BCUT2D eigenvalue weighted by Gasteiger charge is -2.15. The van der Waals surface area contributed by atoms with Crippen molar-refractivity contribution in [2.24, 2.45) is 0 Å². The van der Waals surface area contributed by atoms with Gasteiger partial charge in [0, 0.05) is 17.2 Å². The van der Waals surface area contributed by atoms with E-state index < -0.39 is 0 Å². The van der Waals surface area contributed by atoms with Crippen molar-refractivity contribution in [1.82, 2.24) is 4.90 Å². The van der Waals surface area contributed by atoms with Crippen molar-refractivity contribution in [3.8, 4) is 17.4 Å². The Labute approximate surface area is 148 Å². The van der Waals surface area contributed by atoms with Gasteiger partial charge in [-0.25, -0.2) is 0 Å². The summed E-state index contributed by atoms with van der Waals surface area (Å²) >= 11 is 0. The van der Waals surface area contributed by atoms with Crippen LogP contribution in [0.1, 0.15) is 48.5 Å². The fourth-order valence-electron chi connectivity index (χ4n) is 4.07. The molecule has 1 aliphatic carbocycles. The van der Waals surface area contributed by atoms with Crippen molar-refractivity contribution in [3.63, 3.8) is 0 Å². The summed E-state index contributed by atoms with van der Waals surface area (Å²) in [5.41, 5.74) is 4.22. The molecule has 0 amide bonds. The van der Waals surface area contributed by atoms with Gasteiger partial charge in [0.05, 0.1) is 12.6 Å². The first kappa shape index (κ1) is 16.1. The lowest BCUT2D eigenvalue weighted by atomic mass is 9.98. The Balaban J connectivity index is 1.51. The van der Waals surface area contributed by atoms with Crippen LogP contribution in [0, 0.1) is 16.7 Å². The van der Waals surface area contributed by atoms with E-state index in [-0.39, 0.29) is 0 Å². The summed E-state index contributed by atoms with van der Waals surface area (Å²) in [6.45, 7) is 2.50. The van der Waals surface area contributed by atoms with E-state index >= 15 is 0 Å². The van der Waals surface area contributed by atoms with E-state index in [9.17, 15) is 0 Å². The van der Waals surface area contributed by atoms with Crippen molar-refractivity contribution in [1.29, 1.82) is 10.7 Å². The molecule has 1 aromatic heterocycles. The Morgan fingerprint density at radius 2 is 2.08 bits per heavy atom. The van der Waals surface area contributed by atoms with E-state index in [0.717, 1.165) is 73.6 Å². The number of nitrogens with one attached hydrogen (secondary N) is 1. The molecule has 4 nitrogen and oxygen atoms in total. The van der Waals surface area contributed by atoms with E-state index in [2.05, 4.69) is 41.3 Å². The highest BCUT2D eigenvalue weighted by Gasteiger charge is 2.22. The maximum Gasteiger partial charge on any atom is 0.134 e. The molecule has 0 radical (unpaired) electrons. The minimum atomic E-state index is 0.444. The topological polar surface area (TPSA) is 64.0 Å². The van der Waals surface area contributed by atoms with Crippen molar-refractivity contribution in [3.05, 3.63) is 47.2 Å². The van der Waals surface area contributed by atoms with E-state index in [1.165, 1.54) is 5.56 Å². The molecule has 1 aliphatic heterocycles. The third-order valence-electron chi connectivity index (χ3n) is 5.50. The Morgan fingerprint density at radius 3 is 2.96 bits per heavy atom. The number of nitrogens with zero attached hydrogens (tertiary/aromatic N) is 2. The zero-order valence-corrected chi connectivity index (χ0v) is 14.4. The average molecular weight is 333 g/mol. The maximum atomic E-state index is 8.88. The summed E-state index contributed by atoms with van der Waals surface area (Å²) in [7, 11) is 0. The number of hydrogen-bond acceptors (Lipinski definition) is 4. The van der Waals surface area contributed by atoms with E-state index in [0.29, 0.717) is 12.5 Å². The van der Waals surface area contributed by atoms with Crippen LogP contribution in [0.3, 0.4) is 0 Å². The third kappa shape index (κ3) is 3.25. The Kier molecular flexibility index (Phi) is 4.42. The summed E-state index contributed by atoms with van der Waals surface area (Å²) in [4.78, 5) is 2.24. The SMILES string of the molecule is N#CCN1CCCC(c2ccc(-c3ccc4c(c3)CCC4=N)o2)CC1. The second-order valence-corrected chi connectivity index (χ2v) is 7.11. The normalized spacial score (nSPS) is 20.9. The highest BCUT2D eigenvalue weighted by Crippen LogP contribution is 2.34. The van der Waals surface area contributed by atoms with Crippen LogP contribution >= 0.6 is 0 Å². The molecule has 1 saturated heterocycles. The first-order chi connectivity index (χ1) is 12.2. The van der Waals surface area contributed by atoms with Crippen LogP contribution in [0.25, 0.3) is 11.3 Å². The van der Waals surface area contributed by atoms with Crippen molar-refractivity contribution < 1.29 is 4.42 Å². The molecule has 1 atom stereocenters. The molecule has 4 rings (SSSR count). The summed E-state index contributed by atoms with van der Waals surface area (Å²) in [6, 6.07) is 12.8. The largest absolute Gasteiger partial charge is 0.461 e. The molecule has 1 N–H and O–H groups in total. The minimum absolute atomic E-state index is 0.444. The van der Waals surface area contributed by atoms with Gasteiger partial charge in [0.1, 0.15) is 11.5 Å². The Morgan fingerprint density at radius 1 is 1.16 bits per heavy atom. The molecule has 4 heteroatoms. The van der Waals surface area contributed by atoms with Crippen LogP contribution in [-0.2, 0) is 6.42 Å². The molecule has 1 fully saturated rings. The first-order valence-corrected chi connectivity index (χ1v) is 9.15. The van der Waals surface area contributed by atoms with Crippen LogP contribution in [0.5, 0.6) is 0 Å². The van der Waals surface area contributed by atoms with E-state index in [1.807, 2.05) is 0 Å². The lowest BCUT2D eigenvalue weighted by molar-refractivity contribution is 0.316. The van der Waals surface area contributed by atoms with Crippen molar-refractivity contribution >= 4 is 5.71 Å². The van der Waals surface area contributed by atoms with Gasteiger partial charge in [-0.2, -0.15) is 5.26 Å². The molecule has 25 heavy (non-hydrogen) atoms. The molecule has 2 heterocycles. The number of furan rings is 1. The number of rotatable bonds is 3. The predicted octanol–water partition coefficient (Wildman–Crippen LogP) is 4.35. The monoisotopic (exact) mass is 333 g/mol. The number of benzene rings is 1. The van der Waals surface area contributed by atoms with E-state index in [4.69, 9.17) is 15.1 Å². The number of aryl methyl sites for hydroxylation is 1. The summed E-state index contributed by atoms with van der Waals surface area (Å²) in [6.07, 6.45) is 5.10. The molecule has 2 aliphatic rings. The minimum Gasteiger partial charge on any atom is -0.461 e. The summed E-state index contributed by atoms with van der Waals surface area (Å²) in [5, 5.41) is 16.8. The van der Waals surface area contributed by atoms with Gasteiger partial charge in [0.25, 0.3) is 0 Å². The molecule has 2 aromatic rings. The predicted molar refractivity (Wildman–Crippen MR) is 97.9 cm³/mol. The van der Waals surface area contributed by atoms with Gasteiger partial charge < -0.3 is 9.83 Å². The van der Waals surface area contributed by atoms with Crippen LogP contribution in [0.2, 0.25) is 0 Å². The smallest absolute Gasteiger partial charge is 0.134 e. The number of likely N-dealkylation sites (tertiary alicyclic amines) is 1. The quantitative estimate of drug-likeness (QED) is 0.849. The molecule has 0 saturated carbocycles. The second kappa shape index (κ2) is 6.85. The first-order valence-electron chi connectivity index (χ1n) is 9.15. The van der Waals surface area contributed by atoms with Crippen LogP contribution in [0.15, 0.2) is 34.7 Å². The average Bonchev–Trinajstić information content (AvgIpc) is 3.18. The molecule has 1 aromatic carbocycles. The zero-order chi connectivity index (χ0) is 17.2. The highest BCUT2D eigenvalue weighted by atomic mass is 16.3. The summed E-state index contributed by atoms with van der Waals surface area (Å²) < 4.78 is 6.21.